The molecule has 2 aliphatic heterocycles. The Balaban J connectivity index is 1.04. The molecule has 8 aromatic rings. The summed E-state index contributed by atoms with van der Waals surface area (Å²) in [6.07, 6.45) is 27.2. The van der Waals surface area contributed by atoms with Gasteiger partial charge >= 0.3 is 0 Å². The molecule has 0 bridgehead atoms. The van der Waals surface area contributed by atoms with Crippen molar-refractivity contribution >= 4 is 69.2 Å². The Bertz CT molecular complexity index is 4020. The molecule has 12 heteroatoms. The number of anilines is 3. The molecule has 2 atom stereocenters. The zero-order valence-electron chi connectivity index (χ0n) is 64.8. The first kappa shape index (κ1) is 79.4. The lowest BCUT2D eigenvalue weighted by Gasteiger charge is -2.29. The maximum atomic E-state index is 15.8. The molecule has 0 radical (unpaired) electrons. The predicted octanol–water partition coefficient (Wildman–Crippen LogP) is 26.5. The average molecular weight is 1450 g/mol. The predicted molar refractivity (Wildman–Crippen MR) is 442 cm³/mol. The van der Waals surface area contributed by atoms with Gasteiger partial charge in [-0.3, -0.25) is 14.4 Å². The number of aryl methyl sites for hydroxylation is 2. The molecule has 2 amide bonds. The molecular weight excluding hydrogens is 1340 g/mol. The highest BCUT2D eigenvalue weighted by Crippen LogP contribution is 2.52. The summed E-state index contributed by atoms with van der Waals surface area (Å²) < 4.78 is 25.9. The molecule has 2 aliphatic rings. The second-order valence-corrected chi connectivity index (χ2v) is 31.2. The van der Waals surface area contributed by atoms with E-state index in [9.17, 15) is 4.79 Å². The summed E-state index contributed by atoms with van der Waals surface area (Å²) in [6, 6.07) is 51.6. The third kappa shape index (κ3) is 20.3. The van der Waals surface area contributed by atoms with Gasteiger partial charge in [0.25, 0.3) is 11.8 Å². The number of carbonyl (C=O) groups excluding carboxylic acids is 3. The molecule has 0 N–H and O–H groups in total. The zero-order chi connectivity index (χ0) is 74.0. The van der Waals surface area contributed by atoms with Crippen molar-refractivity contribution in [2.24, 2.45) is 11.8 Å². The summed E-state index contributed by atoms with van der Waals surface area (Å²) in [5.41, 5.74) is 14.5. The first-order chi connectivity index (χ1) is 51.4. The first-order valence-electron chi connectivity index (χ1n) is 40.2. The Kier molecular flexibility index (Phi) is 30.6. The molecule has 10 rings (SSSR count). The number of unbranched alkanes of at least 4 members (excludes halogenated alkanes) is 14. The SMILES string of the molecule is CCCCCCOc1ccc(-c2ccc(N(c3ccc(-c4ccc(C5=C6C(=O)N(CC(CC)CCCC)C(c7ccc(-c8c(C)cc(C=O)cc8C)s7)=C6C(=O)N5CC(CC)CCCC)s4)cc3)c3ccc(-c4ccc(OCCCCCC)cc4OCCCCCC)cc3)cc2)c(OCCCCCC)c1. The van der Waals surface area contributed by atoms with Crippen molar-refractivity contribution in [3.8, 4) is 66.1 Å². The van der Waals surface area contributed by atoms with Gasteiger partial charge in [-0.25, -0.2) is 0 Å². The molecule has 10 nitrogen and oxygen atoms in total. The van der Waals surface area contributed by atoms with Crippen LogP contribution < -0.4 is 23.8 Å². The highest BCUT2D eigenvalue weighted by Gasteiger charge is 2.50. The van der Waals surface area contributed by atoms with Gasteiger partial charge in [-0.15, -0.1) is 22.7 Å². The maximum Gasteiger partial charge on any atom is 0.261 e. The van der Waals surface area contributed by atoms with E-state index in [4.69, 9.17) is 18.9 Å². The lowest BCUT2D eigenvalue weighted by atomic mass is 9.98. The second-order valence-electron chi connectivity index (χ2n) is 29.0. The van der Waals surface area contributed by atoms with E-state index in [-0.39, 0.29) is 23.7 Å². The van der Waals surface area contributed by atoms with Crippen LogP contribution in [0.5, 0.6) is 23.0 Å². The summed E-state index contributed by atoms with van der Waals surface area (Å²) in [7, 11) is 0. The number of thiophene rings is 2. The van der Waals surface area contributed by atoms with Crippen LogP contribution in [0.25, 0.3) is 54.5 Å². The second kappa shape index (κ2) is 40.5. The van der Waals surface area contributed by atoms with Crippen LogP contribution in [0.15, 0.2) is 157 Å². The first-order valence-corrected chi connectivity index (χ1v) is 41.8. The van der Waals surface area contributed by atoms with E-state index in [0.29, 0.717) is 56.2 Å². The van der Waals surface area contributed by atoms with E-state index >= 15 is 9.59 Å². The molecule has 4 heterocycles. The number of fused-ring (bicyclic) bond motifs is 1. The lowest BCUT2D eigenvalue weighted by molar-refractivity contribution is -0.124. The number of amides is 2. The summed E-state index contributed by atoms with van der Waals surface area (Å²) in [5.74, 6) is 3.68. The van der Waals surface area contributed by atoms with Gasteiger partial charge in [0.1, 0.15) is 29.3 Å². The number of aldehydes is 1. The molecule has 6 aromatic carbocycles. The fraction of sp³-hybridized carbons (Fsp3) is 0.452. The Labute approximate surface area is 637 Å². The Morgan fingerprint density at radius 3 is 1.13 bits per heavy atom. The topological polar surface area (TPSA) is 97.9 Å². The van der Waals surface area contributed by atoms with Crippen LogP contribution in [0.1, 0.15) is 241 Å². The number of carbonyl (C=O) groups is 3. The van der Waals surface area contributed by atoms with Gasteiger partial charge < -0.3 is 33.6 Å². The molecule has 0 aliphatic carbocycles. The average Bonchev–Trinajstić information content (AvgIpc) is 1.55. The van der Waals surface area contributed by atoms with Crippen LogP contribution in [0, 0.1) is 25.7 Å². The quantitative estimate of drug-likeness (QED) is 0.0275. The van der Waals surface area contributed by atoms with Gasteiger partial charge in [-0.05, 0) is 195 Å². The van der Waals surface area contributed by atoms with Crippen molar-refractivity contribution in [2.45, 2.75) is 223 Å². The van der Waals surface area contributed by atoms with Crippen LogP contribution in [0.4, 0.5) is 17.1 Å². The number of nitrogens with zero attached hydrogens (tertiary/aromatic N) is 3. The molecule has 2 aromatic heterocycles. The van der Waals surface area contributed by atoms with Gasteiger partial charge in [0, 0.05) is 68.7 Å². The van der Waals surface area contributed by atoms with Crippen LogP contribution in [0.2, 0.25) is 0 Å². The van der Waals surface area contributed by atoms with Crippen molar-refractivity contribution in [1.29, 1.82) is 0 Å². The van der Waals surface area contributed by atoms with Crippen LogP contribution >= 0.6 is 22.7 Å². The minimum atomic E-state index is -0.0920. The highest BCUT2D eigenvalue weighted by atomic mass is 32.1. The maximum absolute atomic E-state index is 15.8. The van der Waals surface area contributed by atoms with Crippen LogP contribution in [0.3, 0.4) is 0 Å². The standard InChI is InChI=1S/C93H117N3O7S2/c1-11-19-25-29-55-100-77-47-49-79(81(61-77)102-57-31-27-21-13-3)71-35-41-74(42-36-71)96(75-43-37-72(38-44-75)80-50-48-78(101-56-30-26-20-12-2)62-82(80)103-58-32-28-22-14-4)76-45-39-73(40-46-76)83-51-53-85(104-83)90-88-89(93(99)94(90)63-68(17-7)33-23-15-5)91(95(92(88)98)64-69(18-8)34-24-16-6)86-54-52-84(105-86)87-66(9)59-70(65-97)60-67(87)10/h35-54,59-62,65,68-69H,11-34,55-58,63-64H2,1-10H3. The Morgan fingerprint density at radius 1 is 0.390 bits per heavy atom. The van der Waals surface area contributed by atoms with Gasteiger partial charge in [0.05, 0.1) is 58.7 Å². The third-order valence-corrected chi connectivity index (χ3v) is 23.2. The third-order valence-electron chi connectivity index (χ3n) is 21.0. The molecule has 558 valence electrons. The van der Waals surface area contributed by atoms with Crippen LogP contribution in [-0.4, -0.2) is 67.4 Å². The fourth-order valence-corrected chi connectivity index (χ4v) is 17.2. The van der Waals surface area contributed by atoms with E-state index in [1.165, 1.54) is 51.4 Å². The van der Waals surface area contributed by atoms with E-state index in [1.807, 2.05) is 21.9 Å². The Hall–Kier alpha value is -8.19. The van der Waals surface area contributed by atoms with E-state index < -0.39 is 0 Å². The smallest absolute Gasteiger partial charge is 0.261 e. The molecule has 0 saturated carbocycles. The number of hydrogen-bond acceptors (Lipinski definition) is 10. The van der Waals surface area contributed by atoms with Gasteiger partial charge in [-0.2, -0.15) is 0 Å². The zero-order valence-corrected chi connectivity index (χ0v) is 66.5. The van der Waals surface area contributed by atoms with Gasteiger partial charge in [-0.1, -0.05) is 207 Å². The molecule has 0 spiro atoms. The van der Waals surface area contributed by atoms with Crippen molar-refractivity contribution in [3.05, 3.63) is 183 Å². The van der Waals surface area contributed by atoms with E-state index in [1.54, 1.807) is 22.7 Å². The van der Waals surface area contributed by atoms with Crippen molar-refractivity contribution in [3.63, 3.8) is 0 Å². The van der Waals surface area contributed by atoms with Crippen molar-refractivity contribution in [2.75, 3.05) is 44.4 Å². The summed E-state index contributed by atoms with van der Waals surface area (Å²) >= 11 is 3.28. The van der Waals surface area contributed by atoms with Crippen molar-refractivity contribution < 1.29 is 33.3 Å². The highest BCUT2D eigenvalue weighted by molar-refractivity contribution is 7.17. The van der Waals surface area contributed by atoms with E-state index in [0.717, 1.165) is 224 Å². The minimum absolute atomic E-state index is 0.0920. The summed E-state index contributed by atoms with van der Waals surface area (Å²) in [4.78, 5) is 53.8. The number of rotatable bonds is 46. The fourth-order valence-electron chi connectivity index (χ4n) is 14.8. The molecule has 0 fully saturated rings. The van der Waals surface area contributed by atoms with Gasteiger partial charge in [0.2, 0.25) is 0 Å². The van der Waals surface area contributed by atoms with Crippen LogP contribution in [-0.2, 0) is 9.59 Å². The molecule has 105 heavy (non-hydrogen) atoms. The van der Waals surface area contributed by atoms with Crippen molar-refractivity contribution in [1.82, 2.24) is 9.80 Å². The van der Waals surface area contributed by atoms with Gasteiger partial charge in [0.15, 0.2) is 0 Å². The monoisotopic (exact) mass is 1450 g/mol. The molecule has 0 saturated heterocycles. The largest absolute Gasteiger partial charge is 0.493 e. The number of hydrogen-bond donors (Lipinski definition) is 0. The molecule has 2 unspecified atom stereocenters. The summed E-state index contributed by atoms with van der Waals surface area (Å²) in [5, 5.41) is 0. The number of ether oxygens (including phenoxy) is 4. The normalized spacial score (nSPS) is 13.5. The Morgan fingerprint density at radius 2 is 0.752 bits per heavy atom. The lowest BCUT2D eigenvalue weighted by Crippen LogP contribution is -2.34. The van der Waals surface area contributed by atoms with E-state index in [2.05, 4.69) is 208 Å². The number of benzene rings is 6. The summed E-state index contributed by atoms with van der Waals surface area (Å²) in [6.45, 7) is 25.7. The molecular formula is C93H117N3O7S2. The minimum Gasteiger partial charge on any atom is -0.493 e.